The first-order chi connectivity index (χ1) is 9.06. The number of anilines is 1. The molecule has 0 radical (unpaired) electrons. The van der Waals surface area contributed by atoms with Crippen molar-refractivity contribution in [2.75, 3.05) is 11.9 Å². The molecule has 0 saturated heterocycles. The quantitative estimate of drug-likeness (QED) is 0.800. The van der Waals surface area contributed by atoms with Crippen molar-refractivity contribution in [3.63, 3.8) is 0 Å². The summed E-state index contributed by atoms with van der Waals surface area (Å²) >= 11 is 0. The predicted octanol–water partition coefficient (Wildman–Crippen LogP) is 3.06. The van der Waals surface area contributed by atoms with Crippen LogP contribution in [0.3, 0.4) is 0 Å². The lowest BCUT2D eigenvalue weighted by atomic mass is 9.96. The number of benzene rings is 1. The van der Waals surface area contributed by atoms with Crippen LogP contribution in [0.4, 0.5) is 14.5 Å². The van der Waals surface area contributed by atoms with E-state index in [-0.39, 0.29) is 11.6 Å². The van der Waals surface area contributed by atoms with Crippen molar-refractivity contribution in [2.24, 2.45) is 11.7 Å². The molecule has 0 saturated carbocycles. The number of nitrogens with one attached hydrogen (secondary N) is 1. The van der Waals surface area contributed by atoms with Crippen molar-refractivity contribution in [2.45, 2.75) is 32.6 Å². The molecule has 106 valence electrons. The zero-order valence-corrected chi connectivity index (χ0v) is 11.1. The molecule has 0 bridgehead atoms. The van der Waals surface area contributed by atoms with Gasteiger partial charge in [0.15, 0.2) is 0 Å². The Balaban J connectivity index is 2.46. The molecule has 0 aliphatic carbocycles. The molecule has 1 amide bonds. The molecule has 3 N–H and O–H groups in total. The number of hydrogen-bond acceptors (Lipinski definition) is 2. The van der Waals surface area contributed by atoms with Crippen LogP contribution in [0.2, 0.25) is 0 Å². The summed E-state index contributed by atoms with van der Waals surface area (Å²) < 4.78 is 26.0. The van der Waals surface area contributed by atoms with Gasteiger partial charge in [-0.3, -0.25) is 4.79 Å². The lowest BCUT2D eigenvalue weighted by Crippen LogP contribution is -2.15. The van der Waals surface area contributed by atoms with Gasteiger partial charge in [-0.25, -0.2) is 8.78 Å². The molecule has 19 heavy (non-hydrogen) atoms. The number of amides is 1. The SMILES string of the molecule is CCC(CCN)CCC(=O)Nc1ccc(F)cc1F. The zero-order valence-electron chi connectivity index (χ0n) is 11.1. The molecule has 0 fully saturated rings. The largest absolute Gasteiger partial charge is 0.330 e. The van der Waals surface area contributed by atoms with Gasteiger partial charge in [0.25, 0.3) is 0 Å². The minimum Gasteiger partial charge on any atom is -0.330 e. The summed E-state index contributed by atoms with van der Waals surface area (Å²) in [5.41, 5.74) is 5.50. The second kappa shape index (κ2) is 7.84. The highest BCUT2D eigenvalue weighted by Crippen LogP contribution is 2.18. The minimum atomic E-state index is -0.762. The van der Waals surface area contributed by atoms with Crippen LogP contribution < -0.4 is 11.1 Å². The lowest BCUT2D eigenvalue weighted by Gasteiger charge is -2.13. The van der Waals surface area contributed by atoms with E-state index in [0.717, 1.165) is 31.4 Å². The van der Waals surface area contributed by atoms with Crippen LogP contribution in [0.25, 0.3) is 0 Å². The van der Waals surface area contributed by atoms with Gasteiger partial charge in [-0.1, -0.05) is 13.3 Å². The number of nitrogens with two attached hydrogens (primary N) is 1. The molecule has 0 aliphatic rings. The predicted molar refractivity (Wildman–Crippen MR) is 71.7 cm³/mol. The molecular formula is C14H20F2N2O. The van der Waals surface area contributed by atoms with Crippen LogP contribution in [0.5, 0.6) is 0 Å². The van der Waals surface area contributed by atoms with E-state index in [1.165, 1.54) is 6.07 Å². The van der Waals surface area contributed by atoms with Crippen molar-refractivity contribution >= 4 is 11.6 Å². The average molecular weight is 270 g/mol. The summed E-state index contributed by atoms with van der Waals surface area (Å²) in [6.45, 7) is 2.66. The standard InChI is InChI=1S/C14H20F2N2O/c1-2-10(7-8-17)3-6-14(19)18-13-5-4-11(15)9-12(13)16/h4-5,9-10H,2-3,6-8,17H2,1H3,(H,18,19). The molecule has 0 aromatic heterocycles. The Hall–Kier alpha value is -1.49. The highest BCUT2D eigenvalue weighted by atomic mass is 19.1. The van der Waals surface area contributed by atoms with Gasteiger partial charge in [0.05, 0.1) is 5.69 Å². The minimum absolute atomic E-state index is 0.0123. The Morgan fingerprint density at radius 2 is 2.11 bits per heavy atom. The molecule has 1 atom stereocenters. The molecule has 1 aromatic rings. The molecular weight excluding hydrogens is 250 g/mol. The molecule has 0 aliphatic heterocycles. The van der Waals surface area contributed by atoms with Crippen molar-refractivity contribution in [1.29, 1.82) is 0 Å². The normalized spacial score (nSPS) is 12.2. The van der Waals surface area contributed by atoms with Crippen LogP contribution in [0, 0.1) is 17.6 Å². The monoisotopic (exact) mass is 270 g/mol. The summed E-state index contributed by atoms with van der Waals surface area (Å²) in [6.07, 6.45) is 2.89. The fraction of sp³-hybridized carbons (Fsp3) is 0.500. The number of carbonyl (C=O) groups excluding carboxylic acids is 1. The van der Waals surface area contributed by atoms with Gasteiger partial charge in [0.2, 0.25) is 5.91 Å². The summed E-state index contributed by atoms with van der Waals surface area (Å²) in [6, 6.07) is 3.08. The lowest BCUT2D eigenvalue weighted by molar-refractivity contribution is -0.116. The topological polar surface area (TPSA) is 55.1 Å². The molecule has 0 spiro atoms. The summed E-state index contributed by atoms with van der Waals surface area (Å²) in [5.74, 6) is -1.28. The Morgan fingerprint density at radius 1 is 1.37 bits per heavy atom. The second-order valence-electron chi connectivity index (χ2n) is 4.56. The summed E-state index contributed by atoms with van der Waals surface area (Å²) in [5, 5.41) is 2.45. The first-order valence-electron chi connectivity index (χ1n) is 6.51. The van der Waals surface area contributed by atoms with Crippen molar-refractivity contribution < 1.29 is 13.6 Å². The number of carbonyl (C=O) groups is 1. The molecule has 0 heterocycles. The first-order valence-corrected chi connectivity index (χ1v) is 6.51. The van der Waals surface area contributed by atoms with E-state index in [4.69, 9.17) is 5.73 Å². The zero-order chi connectivity index (χ0) is 14.3. The average Bonchev–Trinajstić information content (AvgIpc) is 2.38. The van der Waals surface area contributed by atoms with E-state index in [2.05, 4.69) is 12.2 Å². The second-order valence-corrected chi connectivity index (χ2v) is 4.56. The third kappa shape index (κ3) is 5.34. The summed E-state index contributed by atoms with van der Waals surface area (Å²) in [7, 11) is 0. The molecule has 5 heteroatoms. The van der Waals surface area contributed by atoms with E-state index in [1.807, 2.05) is 0 Å². The van der Waals surface area contributed by atoms with Gasteiger partial charge < -0.3 is 11.1 Å². The van der Waals surface area contributed by atoms with Crippen molar-refractivity contribution in [3.8, 4) is 0 Å². The van der Waals surface area contributed by atoms with E-state index in [9.17, 15) is 13.6 Å². The van der Waals surface area contributed by atoms with Gasteiger partial charge in [-0.15, -0.1) is 0 Å². The van der Waals surface area contributed by atoms with E-state index >= 15 is 0 Å². The smallest absolute Gasteiger partial charge is 0.224 e. The van der Waals surface area contributed by atoms with Crippen LogP contribution in [0.1, 0.15) is 32.6 Å². The van der Waals surface area contributed by atoms with E-state index in [0.29, 0.717) is 18.9 Å². The van der Waals surface area contributed by atoms with Gasteiger partial charge in [-0.2, -0.15) is 0 Å². The maximum atomic E-state index is 13.3. The van der Waals surface area contributed by atoms with Gasteiger partial charge in [-0.05, 0) is 37.4 Å². The number of hydrogen-bond donors (Lipinski definition) is 2. The van der Waals surface area contributed by atoms with Gasteiger partial charge in [0.1, 0.15) is 11.6 Å². The Bertz CT molecular complexity index is 424. The maximum Gasteiger partial charge on any atom is 0.224 e. The molecule has 3 nitrogen and oxygen atoms in total. The van der Waals surface area contributed by atoms with Crippen molar-refractivity contribution in [3.05, 3.63) is 29.8 Å². The maximum absolute atomic E-state index is 13.3. The third-order valence-corrected chi connectivity index (χ3v) is 3.14. The molecule has 1 unspecified atom stereocenters. The van der Waals surface area contributed by atoms with Crippen LogP contribution in [-0.4, -0.2) is 12.5 Å². The third-order valence-electron chi connectivity index (χ3n) is 3.14. The first kappa shape index (κ1) is 15.6. The van der Waals surface area contributed by atoms with Gasteiger partial charge in [0, 0.05) is 12.5 Å². The van der Waals surface area contributed by atoms with Crippen LogP contribution in [0.15, 0.2) is 18.2 Å². The van der Waals surface area contributed by atoms with E-state index in [1.54, 1.807) is 0 Å². The molecule has 1 rings (SSSR count). The van der Waals surface area contributed by atoms with Crippen LogP contribution >= 0.6 is 0 Å². The molecule has 1 aromatic carbocycles. The van der Waals surface area contributed by atoms with Gasteiger partial charge >= 0.3 is 0 Å². The fourth-order valence-corrected chi connectivity index (χ4v) is 1.93. The highest BCUT2D eigenvalue weighted by Gasteiger charge is 2.11. The van der Waals surface area contributed by atoms with E-state index < -0.39 is 11.6 Å². The fourth-order valence-electron chi connectivity index (χ4n) is 1.93. The Kier molecular flexibility index (Phi) is 6.42. The van der Waals surface area contributed by atoms with Crippen LogP contribution in [-0.2, 0) is 4.79 Å². The Labute approximate surface area is 112 Å². The summed E-state index contributed by atoms with van der Waals surface area (Å²) in [4.78, 5) is 11.7. The number of halogens is 2. The highest BCUT2D eigenvalue weighted by molar-refractivity contribution is 5.90. The Morgan fingerprint density at radius 3 is 2.68 bits per heavy atom. The van der Waals surface area contributed by atoms with Crippen molar-refractivity contribution in [1.82, 2.24) is 0 Å². The number of rotatable bonds is 7.